The van der Waals surface area contributed by atoms with Crippen LogP contribution < -0.4 is 0 Å². The van der Waals surface area contributed by atoms with Crippen LogP contribution in [-0.4, -0.2) is 4.32 Å². The Balaban J connectivity index is 3.37. The maximum atomic E-state index is 12.6. The Bertz CT molecular complexity index is 372. The van der Waals surface area contributed by atoms with Gasteiger partial charge in [0.1, 0.15) is 10.1 Å². The topological polar surface area (TPSA) is 0 Å². The van der Waals surface area contributed by atoms with E-state index in [1.54, 1.807) is 0 Å². The smallest absolute Gasteiger partial charge is 0.207 e. The van der Waals surface area contributed by atoms with Gasteiger partial charge in [-0.3, -0.25) is 0 Å². The Labute approximate surface area is 87.5 Å². The second-order valence-electron chi connectivity index (χ2n) is 2.46. The van der Waals surface area contributed by atoms with Gasteiger partial charge in [-0.05, 0) is 18.2 Å². The zero-order valence-electron chi connectivity index (χ0n) is 6.53. The summed E-state index contributed by atoms with van der Waals surface area (Å²) >= 11 is 9.63. The van der Waals surface area contributed by atoms with Crippen molar-refractivity contribution in [3.8, 4) is 0 Å². The summed E-state index contributed by atoms with van der Waals surface area (Å²) in [5.41, 5.74) is -1.53. The highest BCUT2D eigenvalue weighted by atomic mass is 35.5. The van der Waals surface area contributed by atoms with Gasteiger partial charge in [-0.15, -0.1) is 0 Å². The zero-order chi connectivity index (χ0) is 10.9. The normalized spacial score (nSPS) is 11.5. The molecule has 0 spiro atoms. The van der Waals surface area contributed by atoms with Crippen LogP contribution >= 0.6 is 23.8 Å². The predicted octanol–water partition coefficient (Wildman–Crippen LogP) is 3.76. The largest absolute Gasteiger partial charge is 0.417 e. The molecule has 0 aliphatic rings. The van der Waals surface area contributed by atoms with Crippen molar-refractivity contribution in [3.63, 3.8) is 0 Å². The number of benzene rings is 1. The number of rotatable bonds is 1. The molecule has 0 heterocycles. The molecule has 0 aliphatic carbocycles. The molecule has 1 aromatic rings. The van der Waals surface area contributed by atoms with Gasteiger partial charge in [0, 0.05) is 5.56 Å². The number of thiocarbonyl (C=S) groups is 1. The first-order valence-electron chi connectivity index (χ1n) is 3.39. The van der Waals surface area contributed by atoms with Crippen LogP contribution in [0.4, 0.5) is 17.6 Å². The number of halogens is 5. The molecule has 0 amide bonds. The van der Waals surface area contributed by atoms with E-state index in [0.717, 1.165) is 0 Å². The molecule has 1 rings (SSSR count). The van der Waals surface area contributed by atoms with Crippen molar-refractivity contribution in [1.82, 2.24) is 0 Å². The van der Waals surface area contributed by atoms with Crippen molar-refractivity contribution in [2.24, 2.45) is 0 Å². The minimum Gasteiger partial charge on any atom is -0.207 e. The molecule has 0 N–H and O–H groups in total. The summed E-state index contributed by atoms with van der Waals surface area (Å²) in [5, 5.41) is 0. The van der Waals surface area contributed by atoms with Crippen molar-refractivity contribution < 1.29 is 17.6 Å². The molecule has 0 atom stereocenters. The number of hydrogen-bond acceptors (Lipinski definition) is 1. The summed E-state index contributed by atoms with van der Waals surface area (Å²) in [4.78, 5) is 0. The van der Waals surface area contributed by atoms with E-state index in [1.165, 1.54) is 0 Å². The highest BCUT2D eigenvalue weighted by Gasteiger charge is 2.34. The van der Waals surface area contributed by atoms with Gasteiger partial charge in [0.25, 0.3) is 0 Å². The Hall–Kier alpha value is -0.680. The van der Waals surface area contributed by atoms with Gasteiger partial charge in [-0.1, -0.05) is 23.8 Å². The van der Waals surface area contributed by atoms with Crippen molar-refractivity contribution >= 4 is 28.1 Å². The molecule has 0 saturated heterocycles. The highest BCUT2D eigenvalue weighted by Crippen LogP contribution is 2.33. The second kappa shape index (κ2) is 3.82. The molecule has 0 saturated carbocycles. The minimum atomic E-state index is -4.58. The summed E-state index contributed by atoms with van der Waals surface area (Å²) in [5.74, 6) is -0.809. The number of hydrogen-bond donors (Lipinski definition) is 0. The molecule has 14 heavy (non-hydrogen) atoms. The van der Waals surface area contributed by atoms with Crippen molar-refractivity contribution in [2.75, 3.05) is 0 Å². The molecule has 0 unspecified atom stereocenters. The maximum absolute atomic E-state index is 12.6. The van der Waals surface area contributed by atoms with Crippen molar-refractivity contribution in [2.45, 2.75) is 6.18 Å². The Morgan fingerprint density at radius 3 is 2.29 bits per heavy atom. The lowest BCUT2D eigenvalue weighted by Crippen LogP contribution is -2.10. The molecule has 76 valence electrons. The molecule has 0 bridgehead atoms. The van der Waals surface area contributed by atoms with Gasteiger partial charge < -0.3 is 0 Å². The fourth-order valence-electron chi connectivity index (χ4n) is 0.926. The van der Waals surface area contributed by atoms with Gasteiger partial charge in [0.15, 0.2) is 0 Å². The summed E-state index contributed by atoms with van der Waals surface area (Å²) in [6.07, 6.45) is -4.58. The van der Waals surface area contributed by atoms with Gasteiger partial charge in [-0.25, -0.2) is 4.39 Å². The van der Waals surface area contributed by atoms with Crippen LogP contribution in [0.3, 0.4) is 0 Å². The molecule has 1 aromatic carbocycles. The molecule has 0 nitrogen and oxygen atoms in total. The zero-order valence-corrected chi connectivity index (χ0v) is 8.10. The Kier molecular flexibility index (Phi) is 3.11. The average Bonchev–Trinajstić information content (AvgIpc) is 2.01. The molecule has 6 heteroatoms. The maximum Gasteiger partial charge on any atom is 0.417 e. The first-order valence-corrected chi connectivity index (χ1v) is 4.17. The van der Waals surface area contributed by atoms with Crippen LogP contribution in [0, 0.1) is 5.82 Å². The molecular formula is C8H3ClF4S. The lowest BCUT2D eigenvalue weighted by molar-refractivity contribution is -0.137. The predicted molar refractivity (Wildman–Crippen MR) is 49.0 cm³/mol. The van der Waals surface area contributed by atoms with Gasteiger partial charge in [0.05, 0.1) is 5.56 Å². The summed E-state index contributed by atoms with van der Waals surface area (Å²) in [6, 6.07) is 1.99. The Morgan fingerprint density at radius 1 is 1.29 bits per heavy atom. The van der Waals surface area contributed by atoms with Crippen LogP contribution in [-0.2, 0) is 6.18 Å². The molecule has 0 fully saturated rings. The van der Waals surface area contributed by atoms with E-state index in [4.69, 9.17) is 11.6 Å². The standard InChI is InChI=1S/C8H3ClF4S/c9-7(14)5-3-4(10)1-2-6(5)8(11,12)13/h1-3H. The fraction of sp³-hybridized carbons (Fsp3) is 0.125. The van der Waals surface area contributed by atoms with Crippen LogP contribution in [0.1, 0.15) is 11.1 Å². The monoisotopic (exact) mass is 242 g/mol. The van der Waals surface area contributed by atoms with E-state index in [-0.39, 0.29) is 0 Å². The summed E-state index contributed by atoms with van der Waals surface area (Å²) < 4.78 is 49.0. The first kappa shape index (κ1) is 11.4. The van der Waals surface area contributed by atoms with Crippen LogP contribution in [0.2, 0.25) is 0 Å². The van der Waals surface area contributed by atoms with Gasteiger partial charge in [0.2, 0.25) is 0 Å². The highest BCUT2D eigenvalue weighted by molar-refractivity contribution is 7.83. The van der Waals surface area contributed by atoms with Crippen molar-refractivity contribution in [3.05, 3.63) is 35.1 Å². The molecule has 0 radical (unpaired) electrons. The first-order chi connectivity index (χ1) is 6.32. The lowest BCUT2D eigenvalue weighted by Gasteiger charge is -2.10. The summed E-state index contributed by atoms with van der Waals surface area (Å²) in [6.45, 7) is 0. The third kappa shape index (κ3) is 2.42. The van der Waals surface area contributed by atoms with E-state index in [0.29, 0.717) is 18.2 Å². The Morgan fingerprint density at radius 2 is 1.86 bits per heavy atom. The van der Waals surface area contributed by atoms with E-state index in [9.17, 15) is 17.6 Å². The fourth-order valence-corrected chi connectivity index (χ4v) is 1.25. The minimum absolute atomic E-state index is 0.503. The van der Waals surface area contributed by atoms with E-state index in [2.05, 4.69) is 12.2 Å². The number of alkyl halides is 3. The molecule has 0 aromatic heterocycles. The van der Waals surface area contributed by atoms with E-state index in [1.807, 2.05) is 0 Å². The van der Waals surface area contributed by atoms with Crippen LogP contribution in [0.25, 0.3) is 0 Å². The van der Waals surface area contributed by atoms with E-state index >= 15 is 0 Å². The summed E-state index contributed by atoms with van der Waals surface area (Å²) in [7, 11) is 0. The average molecular weight is 243 g/mol. The van der Waals surface area contributed by atoms with E-state index < -0.39 is 27.4 Å². The SMILES string of the molecule is Fc1ccc(C(F)(F)F)c(C(=S)Cl)c1. The van der Waals surface area contributed by atoms with Crippen molar-refractivity contribution in [1.29, 1.82) is 0 Å². The third-order valence-corrected chi connectivity index (χ3v) is 1.92. The molecular weight excluding hydrogens is 240 g/mol. The lowest BCUT2D eigenvalue weighted by atomic mass is 10.1. The quantitative estimate of drug-likeness (QED) is 0.411. The second-order valence-corrected chi connectivity index (χ2v) is 3.47. The van der Waals surface area contributed by atoms with Crippen LogP contribution in [0.15, 0.2) is 18.2 Å². The third-order valence-electron chi connectivity index (χ3n) is 1.50. The van der Waals surface area contributed by atoms with Crippen LogP contribution in [0.5, 0.6) is 0 Å². The van der Waals surface area contributed by atoms with Gasteiger partial charge in [-0.2, -0.15) is 13.2 Å². The molecule has 0 aliphatic heterocycles. The van der Waals surface area contributed by atoms with Gasteiger partial charge >= 0.3 is 6.18 Å².